The minimum Gasteiger partial charge on any atom is -0.508 e. The first-order valence-electron chi connectivity index (χ1n) is 7.09. The fourth-order valence-electron chi connectivity index (χ4n) is 2.37. The Kier molecular flexibility index (Phi) is 4.70. The number of rotatable bonds is 5. The van der Waals surface area contributed by atoms with Gasteiger partial charge in [-0.25, -0.2) is 0 Å². The molecule has 6 nitrogen and oxygen atoms in total. The van der Waals surface area contributed by atoms with Gasteiger partial charge in [0.2, 0.25) is 5.91 Å². The molecule has 0 saturated heterocycles. The van der Waals surface area contributed by atoms with Crippen molar-refractivity contribution in [2.75, 3.05) is 7.11 Å². The second kappa shape index (κ2) is 6.51. The van der Waals surface area contributed by atoms with Crippen LogP contribution >= 0.6 is 0 Å². The molecule has 0 spiro atoms. The van der Waals surface area contributed by atoms with Crippen LogP contribution < -0.4 is 10.1 Å². The summed E-state index contributed by atoms with van der Waals surface area (Å²) in [5.41, 5.74) is 3.24. The maximum Gasteiger partial charge on any atom is 0.225 e. The van der Waals surface area contributed by atoms with E-state index in [1.165, 1.54) is 0 Å². The van der Waals surface area contributed by atoms with Gasteiger partial charge in [0.15, 0.2) is 0 Å². The van der Waals surface area contributed by atoms with Gasteiger partial charge in [-0.05, 0) is 39.0 Å². The first kappa shape index (κ1) is 15.9. The van der Waals surface area contributed by atoms with E-state index in [4.69, 9.17) is 4.74 Å². The standard InChI is InChI=1S/C16H21N3O3/c1-9(14-7-12(22-4)5-6-15(14)20)17-16(21)8-13-10(2)18-19-11(13)3/h5-7,9,20H,8H2,1-4H3,(H,17,21)(H,18,19)/t9-/m1/s1. The second-order valence-electron chi connectivity index (χ2n) is 5.30. The Morgan fingerprint density at radius 3 is 2.77 bits per heavy atom. The van der Waals surface area contributed by atoms with E-state index in [1.807, 2.05) is 20.8 Å². The zero-order chi connectivity index (χ0) is 16.3. The number of aromatic nitrogens is 2. The molecular weight excluding hydrogens is 282 g/mol. The molecule has 0 radical (unpaired) electrons. The van der Waals surface area contributed by atoms with Gasteiger partial charge >= 0.3 is 0 Å². The Labute approximate surface area is 129 Å². The molecule has 0 saturated carbocycles. The number of ether oxygens (including phenoxy) is 1. The number of carbonyl (C=O) groups excluding carboxylic acids is 1. The number of phenols is 1. The summed E-state index contributed by atoms with van der Waals surface area (Å²) in [5.74, 6) is 0.641. The molecular formula is C16H21N3O3. The first-order valence-corrected chi connectivity index (χ1v) is 7.09. The van der Waals surface area contributed by atoms with E-state index in [1.54, 1.807) is 25.3 Å². The van der Waals surface area contributed by atoms with Crippen LogP contribution in [-0.4, -0.2) is 28.3 Å². The fraction of sp³-hybridized carbons (Fsp3) is 0.375. The van der Waals surface area contributed by atoms with Gasteiger partial charge in [0.1, 0.15) is 11.5 Å². The van der Waals surface area contributed by atoms with Gasteiger partial charge in [0.25, 0.3) is 0 Å². The first-order chi connectivity index (χ1) is 10.4. The Bertz CT molecular complexity index is 660. The van der Waals surface area contributed by atoms with E-state index in [0.29, 0.717) is 11.3 Å². The molecule has 1 aromatic heterocycles. The SMILES string of the molecule is COc1ccc(O)c([C@@H](C)NC(=O)Cc2c(C)n[nH]c2C)c1. The number of aromatic amines is 1. The van der Waals surface area contributed by atoms with Gasteiger partial charge in [-0.15, -0.1) is 0 Å². The number of hydrogen-bond donors (Lipinski definition) is 3. The number of nitrogens with one attached hydrogen (secondary N) is 2. The number of aromatic hydroxyl groups is 1. The summed E-state index contributed by atoms with van der Waals surface area (Å²) in [7, 11) is 1.56. The molecule has 3 N–H and O–H groups in total. The Morgan fingerprint density at radius 1 is 1.45 bits per heavy atom. The molecule has 1 aromatic carbocycles. The zero-order valence-corrected chi connectivity index (χ0v) is 13.2. The van der Waals surface area contributed by atoms with Crippen LogP contribution in [0.4, 0.5) is 0 Å². The van der Waals surface area contributed by atoms with Gasteiger partial charge in [-0.2, -0.15) is 5.10 Å². The quantitative estimate of drug-likeness (QED) is 0.790. The van der Waals surface area contributed by atoms with Crippen molar-refractivity contribution in [1.82, 2.24) is 15.5 Å². The summed E-state index contributed by atoms with van der Waals surface area (Å²) >= 11 is 0. The highest BCUT2D eigenvalue weighted by Gasteiger charge is 2.16. The molecule has 0 aliphatic rings. The number of H-pyrrole nitrogens is 1. The zero-order valence-electron chi connectivity index (χ0n) is 13.2. The smallest absolute Gasteiger partial charge is 0.225 e. The molecule has 6 heteroatoms. The van der Waals surface area contributed by atoms with Crippen LogP contribution in [-0.2, 0) is 11.2 Å². The summed E-state index contributed by atoms with van der Waals surface area (Å²) in [6.45, 7) is 5.57. The summed E-state index contributed by atoms with van der Waals surface area (Å²) in [4.78, 5) is 12.2. The Balaban J connectivity index is 2.08. The van der Waals surface area contributed by atoms with Crippen molar-refractivity contribution in [3.63, 3.8) is 0 Å². The van der Waals surface area contributed by atoms with E-state index >= 15 is 0 Å². The molecule has 1 amide bonds. The molecule has 1 atom stereocenters. The average molecular weight is 303 g/mol. The maximum absolute atomic E-state index is 12.2. The van der Waals surface area contributed by atoms with Crippen molar-refractivity contribution >= 4 is 5.91 Å². The highest BCUT2D eigenvalue weighted by Crippen LogP contribution is 2.28. The Hall–Kier alpha value is -2.50. The molecule has 0 aliphatic carbocycles. The third-order valence-corrected chi connectivity index (χ3v) is 3.70. The molecule has 0 aliphatic heterocycles. The van der Waals surface area contributed by atoms with Crippen LogP contribution in [0, 0.1) is 13.8 Å². The molecule has 2 aromatic rings. The number of phenolic OH excluding ortho intramolecular Hbond substituents is 1. The summed E-state index contributed by atoms with van der Waals surface area (Å²) in [6.07, 6.45) is 0.253. The van der Waals surface area contributed by atoms with E-state index in [0.717, 1.165) is 17.0 Å². The number of nitrogens with zero attached hydrogens (tertiary/aromatic N) is 1. The van der Waals surface area contributed by atoms with Crippen molar-refractivity contribution in [1.29, 1.82) is 0 Å². The Morgan fingerprint density at radius 2 is 2.18 bits per heavy atom. The largest absolute Gasteiger partial charge is 0.508 e. The van der Waals surface area contributed by atoms with E-state index in [-0.39, 0.29) is 24.1 Å². The highest BCUT2D eigenvalue weighted by atomic mass is 16.5. The molecule has 0 fully saturated rings. The molecule has 0 unspecified atom stereocenters. The van der Waals surface area contributed by atoms with Gasteiger partial charge in [0.05, 0.1) is 25.3 Å². The van der Waals surface area contributed by atoms with E-state index < -0.39 is 0 Å². The minimum absolute atomic E-state index is 0.123. The molecule has 118 valence electrons. The van der Waals surface area contributed by atoms with Crippen LogP contribution in [0.15, 0.2) is 18.2 Å². The highest BCUT2D eigenvalue weighted by molar-refractivity contribution is 5.79. The number of aryl methyl sites for hydroxylation is 2. The minimum atomic E-state index is -0.324. The van der Waals surface area contributed by atoms with Gasteiger partial charge < -0.3 is 15.2 Å². The maximum atomic E-state index is 12.2. The second-order valence-corrected chi connectivity index (χ2v) is 5.30. The normalized spacial score (nSPS) is 12.0. The van der Waals surface area contributed by atoms with Gasteiger partial charge in [-0.3, -0.25) is 9.89 Å². The molecule has 1 heterocycles. The molecule has 0 bridgehead atoms. The van der Waals surface area contributed by atoms with Crippen molar-refractivity contribution in [2.24, 2.45) is 0 Å². The van der Waals surface area contributed by atoms with Crippen molar-refractivity contribution in [3.05, 3.63) is 40.7 Å². The van der Waals surface area contributed by atoms with Crippen molar-refractivity contribution in [2.45, 2.75) is 33.2 Å². The topological polar surface area (TPSA) is 87.2 Å². The number of carbonyl (C=O) groups is 1. The number of benzene rings is 1. The van der Waals surface area contributed by atoms with Crippen LogP contribution in [0.2, 0.25) is 0 Å². The summed E-state index contributed by atoms with van der Waals surface area (Å²) < 4.78 is 5.15. The molecule has 22 heavy (non-hydrogen) atoms. The summed E-state index contributed by atoms with van der Waals surface area (Å²) in [6, 6.07) is 4.62. The lowest BCUT2D eigenvalue weighted by atomic mass is 10.1. The monoisotopic (exact) mass is 303 g/mol. The van der Waals surface area contributed by atoms with Crippen LogP contribution in [0.1, 0.15) is 35.5 Å². The number of methoxy groups -OCH3 is 1. The fourth-order valence-corrected chi connectivity index (χ4v) is 2.37. The average Bonchev–Trinajstić information content (AvgIpc) is 2.79. The number of amides is 1. The van der Waals surface area contributed by atoms with Gasteiger partial charge in [0, 0.05) is 16.8 Å². The van der Waals surface area contributed by atoms with Gasteiger partial charge in [-0.1, -0.05) is 0 Å². The van der Waals surface area contributed by atoms with Crippen molar-refractivity contribution < 1.29 is 14.6 Å². The van der Waals surface area contributed by atoms with Crippen molar-refractivity contribution in [3.8, 4) is 11.5 Å². The van der Waals surface area contributed by atoms with E-state index in [9.17, 15) is 9.90 Å². The lowest BCUT2D eigenvalue weighted by Gasteiger charge is -2.16. The third kappa shape index (κ3) is 3.39. The van der Waals surface area contributed by atoms with Crippen LogP contribution in [0.5, 0.6) is 11.5 Å². The van der Waals surface area contributed by atoms with Crippen LogP contribution in [0.25, 0.3) is 0 Å². The predicted molar refractivity (Wildman–Crippen MR) is 83.0 cm³/mol. The van der Waals surface area contributed by atoms with E-state index in [2.05, 4.69) is 15.5 Å². The molecule has 2 rings (SSSR count). The third-order valence-electron chi connectivity index (χ3n) is 3.70. The predicted octanol–water partition coefficient (Wildman–Crippen LogP) is 2.16. The van der Waals surface area contributed by atoms with Crippen LogP contribution in [0.3, 0.4) is 0 Å². The number of hydrogen-bond acceptors (Lipinski definition) is 4. The lowest BCUT2D eigenvalue weighted by molar-refractivity contribution is -0.121. The lowest BCUT2D eigenvalue weighted by Crippen LogP contribution is -2.28. The summed E-state index contributed by atoms with van der Waals surface area (Å²) in [5, 5.41) is 19.8.